The van der Waals surface area contributed by atoms with Gasteiger partial charge in [-0.1, -0.05) is 30.3 Å². The SMILES string of the molecule is O=C1CC(c2cccc(OCc3ccc(F)cc3)c2)c2ccc(O)cc2O1. The average Bonchev–Trinajstić information content (AvgIpc) is 2.67. The minimum absolute atomic E-state index is 0.0542. The van der Waals surface area contributed by atoms with E-state index in [1.165, 1.54) is 18.2 Å². The second-order valence-electron chi connectivity index (χ2n) is 6.44. The van der Waals surface area contributed by atoms with Gasteiger partial charge >= 0.3 is 5.97 Å². The lowest BCUT2D eigenvalue weighted by atomic mass is 9.86. The number of benzene rings is 3. The van der Waals surface area contributed by atoms with Crippen molar-refractivity contribution < 1.29 is 23.8 Å². The van der Waals surface area contributed by atoms with Crippen molar-refractivity contribution in [1.29, 1.82) is 0 Å². The fourth-order valence-corrected chi connectivity index (χ4v) is 3.21. The van der Waals surface area contributed by atoms with E-state index in [2.05, 4.69) is 0 Å². The van der Waals surface area contributed by atoms with Gasteiger partial charge in [0.15, 0.2) is 0 Å². The number of esters is 1. The van der Waals surface area contributed by atoms with E-state index >= 15 is 0 Å². The highest BCUT2D eigenvalue weighted by Crippen LogP contribution is 2.40. The Morgan fingerprint density at radius 2 is 1.89 bits per heavy atom. The molecule has 0 fully saturated rings. The molecular formula is C22H17FO4. The first-order chi connectivity index (χ1) is 13.1. The largest absolute Gasteiger partial charge is 0.508 e. The molecule has 0 aliphatic carbocycles. The molecule has 4 rings (SSSR count). The van der Waals surface area contributed by atoms with Crippen LogP contribution in [0.15, 0.2) is 66.7 Å². The standard InChI is InChI=1S/C22H17FO4/c23-16-6-4-14(5-7-16)13-26-18-3-1-2-15(10-18)20-12-22(25)27-21-11-17(24)8-9-19(20)21/h1-11,20,24H,12-13H2. The molecular weight excluding hydrogens is 347 g/mol. The van der Waals surface area contributed by atoms with Crippen molar-refractivity contribution in [3.8, 4) is 17.2 Å². The fourth-order valence-electron chi connectivity index (χ4n) is 3.21. The molecule has 27 heavy (non-hydrogen) atoms. The zero-order valence-electron chi connectivity index (χ0n) is 14.4. The van der Waals surface area contributed by atoms with Crippen LogP contribution in [-0.2, 0) is 11.4 Å². The van der Waals surface area contributed by atoms with Crippen molar-refractivity contribution in [1.82, 2.24) is 0 Å². The number of carbonyl (C=O) groups excluding carboxylic acids is 1. The molecule has 5 heteroatoms. The number of hydrogen-bond acceptors (Lipinski definition) is 4. The Hall–Kier alpha value is -3.34. The second kappa shape index (κ2) is 7.11. The minimum atomic E-state index is -0.337. The van der Waals surface area contributed by atoms with Crippen molar-refractivity contribution in [2.24, 2.45) is 0 Å². The molecule has 1 unspecified atom stereocenters. The van der Waals surface area contributed by atoms with Crippen molar-refractivity contribution >= 4 is 5.97 Å². The lowest BCUT2D eigenvalue weighted by Crippen LogP contribution is -2.20. The molecule has 1 aliphatic heterocycles. The number of aromatic hydroxyl groups is 1. The molecule has 0 saturated carbocycles. The summed E-state index contributed by atoms with van der Waals surface area (Å²) in [7, 11) is 0. The van der Waals surface area contributed by atoms with Gasteiger partial charge in [-0.2, -0.15) is 0 Å². The highest BCUT2D eigenvalue weighted by molar-refractivity contribution is 5.78. The summed E-state index contributed by atoms with van der Waals surface area (Å²) in [6.07, 6.45) is 0.221. The molecule has 0 bridgehead atoms. The molecule has 0 spiro atoms. The van der Waals surface area contributed by atoms with Gasteiger partial charge in [-0.05, 0) is 41.5 Å². The number of fused-ring (bicyclic) bond motifs is 1. The van der Waals surface area contributed by atoms with Gasteiger partial charge in [0.2, 0.25) is 0 Å². The number of halogens is 1. The maximum Gasteiger partial charge on any atom is 0.312 e. The maximum atomic E-state index is 13.0. The normalized spacial score (nSPS) is 15.7. The van der Waals surface area contributed by atoms with E-state index in [1.807, 2.05) is 24.3 Å². The third kappa shape index (κ3) is 3.77. The zero-order chi connectivity index (χ0) is 18.8. The van der Waals surface area contributed by atoms with Crippen LogP contribution in [0.4, 0.5) is 4.39 Å². The first kappa shape index (κ1) is 17.1. The monoisotopic (exact) mass is 364 g/mol. The molecule has 1 N–H and O–H groups in total. The highest BCUT2D eigenvalue weighted by atomic mass is 19.1. The van der Waals surface area contributed by atoms with Crippen LogP contribution in [0, 0.1) is 5.82 Å². The Bertz CT molecular complexity index is 982. The van der Waals surface area contributed by atoms with Crippen LogP contribution in [0.2, 0.25) is 0 Å². The number of phenolic OH excluding ortho intramolecular Hbond substituents is 1. The molecule has 1 aliphatic rings. The van der Waals surface area contributed by atoms with Crippen molar-refractivity contribution in [2.45, 2.75) is 18.9 Å². The Kier molecular flexibility index (Phi) is 4.50. The van der Waals surface area contributed by atoms with Crippen LogP contribution in [-0.4, -0.2) is 11.1 Å². The summed E-state index contributed by atoms with van der Waals surface area (Å²) in [5, 5.41) is 9.64. The Labute approximate surface area is 155 Å². The van der Waals surface area contributed by atoms with E-state index in [0.29, 0.717) is 18.1 Å². The number of hydrogen-bond donors (Lipinski definition) is 1. The van der Waals surface area contributed by atoms with Crippen LogP contribution >= 0.6 is 0 Å². The van der Waals surface area contributed by atoms with Crippen molar-refractivity contribution in [3.05, 3.63) is 89.2 Å². The average molecular weight is 364 g/mol. The van der Waals surface area contributed by atoms with Crippen LogP contribution in [0.5, 0.6) is 17.2 Å². The number of carbonyl (C=O) groups is 1. The van der Waals surface area contributed by atoms with Crippen molar-refractivity contribution in [2.75, 3.05) is 0 Å². The molecule has 0 saturated heterocycles. The van der Waals surface area contributed by atoms with E-state index in [4.69, 9.17) is 9.47 Å². The number of phenols is 1. The molecule has 3 aromatic rings. The summed E-state index contributed by atoms with van der Waals surface area (Å²) in [6, 6.07) is 18.5. The summed E-state index contributed by atoms with van der Waals surface area (Å²) < 4.78 is 24.1. The van der Waals surface area contributed by atoms with Crippen LogP contribution in [0.3, 0.4) is 0 Å². The van der Waals surface area contributed by atoms with E-state index in [9.17, 15) is 14.3 Å². The Morgan fingerprint density at radius 3 is 2.70 bits per heavy atom. The second-order valence-corrected chi connectivity index (χ2v) is 6.44. The molecule has 1 atom stereocenters. The van der Waals surface area contributed by atoms with Gasteiger partial charge in [-0.25, -0.2) is 4.39 Å². The van der Waals surface area contributed by atoms with Crippen molar-refractivity contribution in [3.63, 3.8) is 0 Å². The summed E-state index contributed by atoms with van der Waals surface area (Å²) in [4.78, 5) is 12.0. The molecule has 3 aromatic carbocycles. The third-order valence-electron chi connectivity index (χ3n) is 4.55. The minimum Gasteiger partial charge on any atom is -0.508 e. The lowest BCUT2D eigenvalue weighted by Gasteiger charge is -2.25. The maximum absolute atomic E-state index is 13.0. The van der Waals surface area contributed by atoms with E-state index < -0.39 is 0 Å². The van der Waals surface area contributed by atoms with Crippen LogP contribution in [0.25, 0.3) is 0 Å². The van der Waals surface area contributed by atoms with E-state index in [1.54, 1.807) is 24.3 Å². The first-order valence-electron chi connectivity index (χ1n) is 8.59. The highest BCUT2D eigenvalue weighted by Gasteiger charge is 2.28. The zero-order valence-corrected chi connectivity index (χ0v) is 14.4. The van der Waals surface area contributed by atoms with Gasteiger partial charge in [0.05, 0.1) is 6.42 Å². The lowest BCUT2D eigenvalue weighted by molar-refractivity contribution is -0.135. The Balaban J connectivity index is 1.57. The number of rotatable bonds is 4. The van der Waals surface area contributed by atoms with Gasteiger partial charge < -0.3 is 14.6 Å². The molecule has 0 radical (unpaired) electrons. The third-order valence-corrected chi connectivity index (χ3v) is 4.55. The van der Waals surface area contributed by atoms with E-state index in [-0.39, 0.29) is 29.9 Å². The van der Waals surface area contributed by atoms with Crippen LogP contribution in [0.1, 0.15) is 29.0 Å². The molecule has 136 valence electrons. The van der Waals surface area contributed by atoms with Gasteiger partial charge in [0, 0.05) is 17.5 Å². The summed E-state index contributed by atoms with van der Waals surface area (Å²) in [5.41, 5.74) is 2.64. The Morgan fingerprint density at radius 1 is 1.07 bits per heavy atom. The molecule has 1 heterocycles. The van der Waals surface area contributed by atoms with Gasteiger partial charge in [0.1, 0.15) is 29.7 Å². The smallest absolute Gasteiger partial charge is 0.312 e. The van der Waals surface area contributed by atoms with Gasteiger partial charge in [-0.15, -0.1) is 0 Å². The topological polar surface area (TPSA) is 55.8 Å². The summed E-state index contributed by atoms with van der Waals surface area (Å²) >= 11 is 0. The van der Waals surface area contributed by atoms with E-state index in [0.717, 1.165) is 16.7 Å². The number of ether oxygens (including phenoxy) is 2. The fraction of sp³-hybridized carbons (Fsp3) is 0.136. The quantitative estimate of drug-likeness (QED) is 0.545. The molecule has 0 amide bonds. The molecule has 4 nitrogen and oxygen atoms in total. The summed E-state index contributed by atoms with van der Waals surface area (Å²) in [6.45, 7) is 0.320. The van der Waals surface area contributed by atoms with Crippen LogP contribution < -0.4 is 9.47 Å². The molecule has 0 aromatic heterocycles. The predicted molar refractivity (Wildman–Crippen MR) is 97.4 cm³/mol. The van der Waals surface area contributed by atoms with Gasteiger partial charge in [0.25, 0.3) is 0 Å². The predicted octanol–water partition coefficient (Wildman–Crippen LogP) is 4.55. The first-order valence-corrected chi connectivity index (χ1v) is 8.59. The summed E-state index contributed by atoms with van der Waals surface area (Å²) in [5.74, 6) is 0.310. The van der Waals surface area contributed by atoms with Gasteiger partial charge in [-0.3, -0.25) is 4.79 Å².